The molecule has 7 heteroatoms. The number of methoxy groups -OCH3 is 2. The molecule has 0 aliphatic carbocycles. The summed E-state index contributed by atoms with van der Waals surface area (Å²) in [4.78, 5) is 28.7. The van der Waals surface area contributed by atoms with Crippen molar-refractivity contribution in [2.24, 2.45) is 0 Å². The van der Waals surface area contributed by atoms with E-state index in [1.807, 2.05) is 12.1 Å². The second-order valence-electron chi connectivity index (χ2n) is 6.05. The molecule has 1 aliphatic rings. The van der Waals surface area contributed by atoms with Crippen molar-refractivity contribution in [3.63, 3.8) is 0 Å². The summed E-state index contributed by atoms with van der Waals surface area (Å²) in [7, 11) is 3.07. The molecule has 2 aromatic rings. The first-order chi connectivity index (χ1) is 12.6. The molecular formula is C19H21N3O4. The van der Waals surface area contributed by atoms with Crippen LogP contribution in [-0.2, 0) is 4.79 Å². The van der Waals surface area contributed by atoms with Crippen molar-refractivity contribution in [3.8, 4) is 11.5 Å². The number of piperidine rings is 1. The number of rotatable bonds is 5. The lowest BCUT2D eigenvalue weighted by Gasteiger charge is -2.33. The lowest BCUT2D eigenvalue weighted by atomic mass is 9.92. The minimum absolute atomic E-state index is 0.0348. The first kappa shape index (κ1) is 17.7. The predicted octanol–water partition coefficient (Wildman–Crippen LogP) is 1.85. The highest BCUT2D eigenvalue weighted by molar-refractivity contribution is 5.95. The Hall–Kier alpha value is -3.09. The molecule has 2 heterocycles. The van der Waals surface area contributed by atoms with Crippen molar-refractivity contribution < 1.29 is 19.1 Å². The largest absolute Gasteiger partial charge is 0.497 e. The molecular weight excluding hydrogens is 334 g/mol. The quantitative estimate of drug-likeness (QED) is 0.854. The Kier molecular flexibility index (Phi) is 5.36. The smallest absolute Gasteiger partial charge is 0.251 e. The standard InChI is InChI=1S/C19H21N3O4/c1-25-14-8-13(9-15(10-14)26-2)19(24)21-16-5-6-17(23)22-18(16)12-4-3-7-20-11-12/h3-4,7-11,16,18H,5-6H2,1-2H3,(H,21,24)(H,22,23)/t16-,18+/m0/s1. The van der Waals surface area contributed by atoms with E-state index in [2.05, 4.69) is 15.6 Å². The van der Waals surface area contributed by atoms with E-state index < -0.39 is 0 Å². The Balaban J connectivity index is 1.82. The Labute approximate surface area is 151 Å². The van der Waals surface area contributed by atoms with Crippen LogP contribution < -0.4 is 20.1 Å². The predicted molar refractivity (Wildman–Crippen MR) is 95.2 cm³/mol. The summed E-state index contributed by atoms with van der Waals surface area (Å²) in [6.07, 6.45) is 4.29. The molecule has 0 radical (unpaired) electrons. The van der Waals surface area contributed by atoms with E-state index >= 15 is 0 Å². The topological polar surface area (TPSA) is 89.5 Å². The van der Waals surface area contributed by atoms with Crippen molar-refractivity contribution in [3.05, 3.63) is 53.9 Å². The highest BCUT2D eigenvalue weighted by Crippen LogP contribution is 2.26. The molecule has 0 spiro atoms. The fraction of sp³-hybridized carbons (Fsp3) is 0.316. The first-order valence-electron chi connectivity index (χ1n) is 8.34. The third kappa shape index (κ3) is 3.93. The fourth-order valence-corrected chi connectivity index (χ4v) is 3.02. The summed E-state index contributed by atoms with van der Waals surface area (Å²) < 4.78 is 10.4. The van der Waals surface area contributed by atoms with Crippen LogP contribution in [0, 0.1) is 0 Å². The minimum Gasteiger partial charge on any atom is -0.497 e. The van der Waals surface area contributed by atoms with E-state index in [1.165, 1.54) is 14.2 Å². The Morgan fingerprint density at radius 3 is 2.58 bits per heavy atom. The van der Waals surface area contributed by atoms with E-state index in [0.717, 1.165) is 5.56 Å². The third-order valence-electron chi connectivity index (χ3n) is 4.37. The number of aromatic nitrogens is 1. The van der Waals surface area contributed by atoms with Crippen molar-refractivity contribution in [1.82, 2.24) is 15.6 Å². The molecule has 136 valence electrons. The van der Waals surface area contributed by atoms with Gasteiger partial charge in [0, 0.05) is 30.4 Å². The summed E-state index contributed by atoms with van der Waals surface area (Å²) in [5.74, 6) is 0.787. The number of carbonyl (C=O) groups is 2. The van der Waals surface area contributed by atoms with E-state index in [4.69, 9.17) is 9.47 Å². The van der Waals surface area contributed by atoms with Gasteiger partial charge < -0.3 is 20.1 Å². The Morgan fingerprint density at radius 1 is 1.23 bits per heavy atom. The van der Waals surface area contributed by atoms with Gasteiger partial charge in [0.2, 0.25) is 5.91 Å². The van der Waals surface area contributed by atoms with Crippen LogP contribution in [-0.4, -0.2) is 37.1 Å². The lowest BCUT2D eigenvalue weighted by Crippen LogP contribution is -2.50. The van der Waals surface area contributed by atoms with Crippen LogP contribution >= 0.6 is 0 Å². The maximum atomic E-state index is 12.8. The molecule has 2 N–H and O–H groups in total. The van der Waals surface area contributed by atoms with Gasteiger partial charge in [-0.05, 0) is 30.2 Å². The van der Waals surface area contributed by atoms with Crippen molar-refractivity contribution in [2.75, 3.05) is 14.2 Å². The van der Waals surface area contributed by atoms with Crippen LogP contribution in [0.3, 0.4) is 0 Å². The zero-order chi connectivity index (χ0) is 18.5. The van der Waals surface area contributed by atoms with Gasteiger partial charge in [-0.3, -0.25) is 14.6 Å². The van der Waals surface area contributed by atoms with E-state index in [1.54, 1.807) is 30.6 Å². The van der Waals surface area contributed by atoms with Gasteiger partial charge in [0.1, 0.15) is 11.5 Å². The van der Waals surface area contributed by atoms with Gasteiger partial charge in [0.15, 0.2) is 0 Å². The maximum absolute atomic E-state index is 12.8. The zero-order valence-electron chi connectivity index (χ0n) is 14.7. The minimum atomic E-state index is -0.318. The highest BCUT2D eigenvalue weighted by atomic mass is 16.5. The van der Waals surface area contributed by atoms with Crippen LogP contribution in [0.25, 0.3) is 0 Å². The Morgan fingerprint density at radius 2 is 1.96 bits per heavy atom. The monoisotopic (exact) mass is 355 g/mol. The van der Waals surface area contributed by atoms with Gasteiger partial charge in [0.05, 0.1) is 26.3 Å². The number of hydrogen-bond donors (Lipinski definition) is 2. The average molecular weight is 355 g/mol. The molecule has 1 aromatic heterocycles. The van der Waals surface area contributed by atoms with Crippen LogP contribution in [0.1, 0.15) is 34.8 Å². The summed E-state index contributed by atoms with van der Waals surface area (Å²) in [5.41, 5.74) is 1.29. The van der Waals surface area contributed by atoms with Crippen LogP contribution in [0.15, 0.2) is 42.7 Å². The molecule has 2 atom stereocenters. The van der Waals surface area contributed by atoms with Gasteiger partial charge in [-0.15, -0.1) is 0 Å². The Bertz CT molecular complexity index is 772. The number of amides is 2. The van der Waals surface area contributed by atoms with Crippen molar-refractivity contribution in [1.29, 1.82) is 0 Å². The maximum Gasteiger partial charge on any atom is 0.251 e. The van der Waals surface area contributed by atoms with Gasteiger partial charge in [-0.2, -0.15) is 0 Å². The normalized spacial score (nSPS) is 19.4. The van der Waals surface area contributed by atoms with E-state index in [-0.39, 0.29) is 23.9 Å². The molecule has 1 saturated heterocycles. The van der Waals surface area contributed by atoms with Gasteiger partial charge >= 0.3 is 0 Å². The fourth-order valence-electron chi connectivity index (χ4n) is 3.02. The van der Waals surface area contributed by atoms with Gasteiger partial charge in [-0.1, -0.05) is 6.07 Å². The number of ether oxygens (including phenoxy) is 2. The lowest BCUT2D eigenvalue weighted by molar-refractivity contribution is -0.123. The summed E-state index contributed by atoms with van der Waals surface area (Å²) in [6.45, 7) is 0. The number of carbonyl (C=O) groups excluding carboxylic acids is 2. The SMILES string of the molecule is COc1cc(OC)cc(C(=O)N[C@H]2CCC(=O)N[C@@H]2c2cccnc2)c1. The second-order valence-corrected chi connectivity index (χ2v) is 6.05. The van der Waals surface area contributed by atoms with E-state index in [9.17, 15) is 9.59 Å². The number of hydrogen-bond acceptors (Lipinski definition) is 5. The molecule has 1 aliphatic heterocycles. The average Bonchev–Trinajstić information content (AvgIpc) is 2.69. The molecule has 3 rings (SSSR count). The molecule has 1 fully saturated rings. The van der Waals surface area contributed by atoms with Crippen LogP contribution in [0.4, 0.5) is 0 Å². The molecule has 0 bridgehead atoms. The van der Waals surface area contributed by atoms with Crippen molar-refractivity contribution in [2.45, 2.75) is 24.9 Å². The van der Waals surface area contributed by atoms with Crippen LogP contribution in [0.2, 0.25) is 0 Å². The first-order valence-corrected chi connectivity index (χ1v) is 8.34. The van der Waals surface area contributed by atoms with Gasteiger partial charge in [-0.25, -0.2) is 0 Å². The summed E-state index contributed by atoms with van der Waals surface area (Å²) in [6, 6.07) is 8.15. The number of pyridine rings is 1. The molecule has 0 unspecified atom stereocenters. The van der Waals surface area contributed by atoms with Crippen LogP contribution in [0.5, 0.6) is 11.5 Å². The third-order valence-corrected chi connectivity index (χ3v) is 4.37. The molecule has 0 saturated carbocycles. The number of nitrogens with one attached hydrogen (secondary N) is 2. The number of benzene rings is 1. The molecule has 2 amide bonds. The summed E-state index contributed by atoms with van der Waals surface area (Å²) in [5, 5.41) is 5.96. The van der Waals surface area contributed by atoms with E-state index in [0.29, 0.717) is 29.9 Å². The summed E-state index contributed by atoms with van der Waals surface area (Å²) >= 11 is 0. The molecule has 7 nitrogen and oxygen atoms in total. The van der Waals surface area contributed by atoms with Gasteiger partial charge in [0.25, 0.3) is 5.91 Å². The molecule has 26 heavy (non-hydrogen) atoms. The highest BCUT2D eigenvalue weighted by Gasteiger charge is 2.31. The zero-order valence-corrected chi connectivity index (χ0v) is 14.7. The second kappa shape index (κ2) is 7.86. The number of nitrogens with zero attached hydrogens (tertiary/aromatic N) is 1. The molecule has 1 aromatic carbocycles. The van der Waals surface area contributed by atoms with Crippen molar-refractivity contribution >= 4 is 11.8 Å².